The molecule has 2 atom stereocenters. The van der Waals surface area contributed by atoms with Crippen LogP contribution in [0, 0.1) is 0 Å². The smallest absolute Gasteiger partial charge is 0.224 e. The van der Waals surface area contributed by atoms with Crippen molar-refractivity contribution in [2.45, 2.75) is 37.8 Å². The summed E-state index contributed by atoms with van der Waals surface area (Å²) in [6.07, 6.45) is 9.28. The fourth-order valence-electron chi connectivity index (χ4n) is 3.00. The molecule has 1 aromatic carbocycles. The summed E-state index contributed by atoms with van der Waals surface area (Å²) in [5, 5.41) is 3.18. The Morgan fingerprint density at radius 3 is 3.00 bits per heavy atom. The highest BCUT2D eigenvalue weighted by Gasteiger charge is 2.29. The highest BCUT2D eigenvalue weighted by Crippen LogP contribution is 2.30. The molecule has 21 heavy (non-hydrogen) atoms. The third kappa shape index (κ3) is 3.35. The molecule has 1 aliphatic carbocycles. The fraction of sp³-hybridized carbons (Fsp3) is 0.375. The molecular formula is C16H18BrN3O. The summed E-state index contributed by atoms with van der Waals surface area (Å²) in [6, 6.07) is 8.39. The largest absolute Gasteiger partial charge is 0.351 e. The van der Waals surface area contributed by atoms with Crippen LogP contribution in [0.25, 0.3) is 0 Å². The van der Waals surface area contributed by atoms with E-state index in [1.165, 1.54) is 0 Å². The van der Waals surface area contributed by atoms with E-state index in [2.05, 4.69) is 30.8 Å². The first kappa shape index (κ1) is 14.3. The molecule has 110 valence electrons. The zero-order valence-electron chi connectivity index (χ0n) is 11.7. The molecule has 0 saturated heterocycles. The fourth-order valence-corrected chi connectivity index (χ4v) is 3.43. The molecule has 1 amide bonds. The number of nitrogens with one attached hydrogen (secondary N) is 1. The van der Waals surface area contributed by atoms with Gasteiger partial charge >= 0.3 is 0 Å². The molecule has 2 aromatic rings. The van der Waals surface area contributed by atoms with Crippen LogP contribution < -0.4 is 5.32 Å². The van der Waals surface area contributed by atoms with Gasteiger partial charge in [0.15, 0.2) is 0 Å². The second kappa shape index (κ2) is 6.43. The van der Waals surface area contributed by atoms with Gasteiger partial charge in [-0.25, -0.2) is 4.98 Å². The van der Waals surface area contributed by atoms with Gasteiger partial charge in [-0.15, -0.1) is 0 Å². The van der Waals surface area contributed by atoms with Crippen LogP contribution in [0.2, 0.25) is 0 Å². The maximum absolute atomic E-state index is 12.3. The Bertz CT molecular complexity index is 612. The molecule has 0 spiro atoms. The molecular weight excluding hydrogens is 330 g/mol. The van der Waals surface area contributed by atoms with Gasteiger partial charge in [0.1, 0.15) is 0 Å². The van der Waals surface area contributed by atoms with E-state index >= 15 is 0 Å². The second-order valence-electron chi connectivity index (χ2n) is 5.45. The zero-order chi connectivity index (χ0) is 14.7. The number of hydrogen-bond donors (Lipinski definition) is 1. The zero-order valence-corrected chi connectivity index (χ0v) is 13.3. The lowest BCUT2D eigenvalue weighted by molar-refractivity contribution is -0.121. The number of benzene rings is 1. The Balaban J connectivity index is 1.63. The second-order valence-corrected chi connectivity index (χ2v) is 6.30. The minimum Gasteiger partial charge on any atom is -0.351 e. The van der Waals surface area contributed by atoms with E-state index < -0.39 is 0 Å². The van der Waals surface area contributed by atoms with Crippen LogP contribution in [0.5, 0.6) is 0 Å². The lowest BCUT2D eigenvalue weighted by Gasteiger charge is -2.22. The lowest BCUT2D eigenvalue weighted by atomic mass is 10.1. The van der Waals surface area contributed by atoms with Gasteiger partial charge in [-0.2, -0.15) is 0 Å². The molecule has 1 aromatic heterocycles. The highest BCUT2D eigenvalue weighted by atomic mass is 79.9. The third-order valence-corrected chi connectivity index (χ3v) is 4.82. The van der Waals surface area contributed by atoms with Gasteiger partial charge in [0.2, 0.25) is 5.91 Å². The van der Waals surface area contributed by atoms with Crippen LogP contribution in [-0.4, -0.2) is 21.5 Å². The van der Waals surface area contributed by atoms with Gasteiger partial charge in [0, 0.05) is 22.9 Å². The van der Waals surface area contributed by atoms with Crippen molar-refractivity contribution in [3.63, 3.8) is 0 Å². The van der Waals surface area contributed by atoms with E-state index in [4.69, 9.17) is 0 Å². The van der Waals surface area contributed by atoms with Crippen LogP contribution >= 0.6 is 15.9 Å². The van der Waals surface area contributed by atoms with E-state index in [0.29, 0.717) is 12.5 Å². The number of carbonyl (C=O) groups is 1. The topological polar surface area (TPSA) is 46.9 Å². The van der Waals surface area contributed by atoms with Gasteiger partial charge in [-0.1, -0.05) is 34.1 Å². The average Bonchev–Trinajstić information content (AvgIpc) is 3.11. The summed E-state index contributed by atoms with van der Waals surface area (Å²) in [5.74, 6) is 0.0823. The Hall–Kier alpha value is -1.62. The molecule has 1 N–H and O–H groups in total. The molecule has 1 fully saturated rings. The summed E-state index contributed by atoms with van der Waals surface area (Å²) >= 11 is 3.49. The maximum atomic E-state index is 12.3. The van der Waals surface area contributed by atoms with Gasteiger partial charge in [-0.05, 0) is 30.9 Å². The molecule has 0 radical (unpaired) electrons. The minimum absolute atomic E-state index is 0.0823. The molecule has 3 rings (SSSR count). The Kier molecular flexibility index (Phi) is 4.39. The van der Waals surface area contributed by atoms with Gasteiger partial charge < -0.3 is 9.88 Å². The summed E-state index contributed by atoms with van der Waals surface area (Å²) in [4.78, 5) is 16.4. The standard InChI is InChI=1S/C16H18BrN3O/c17-13-5-2-1-4-12(13)10-16(21)19-14-6-3-7-15(14)20-9-8-18-11-20/h1-2,4-5,8-9,11,14-15H,3,6-7,10H2,(H,19,21). The number of hydrogen-bond acceptors (Lipinski definition) is 2. The van der Waals surface area contributed by atoms with Crippen molar-refractivity contribution in [3.8, 4) is 0 Å². The van der Waals surface area contributed by atoms with Crippen LogP contribution in [-0.2, 0) is 11.2 Å². The molecule has 2 unspecified atom stereocenters. The predicted molar refractivity (Wildman–Crippen MR) is 84.9 cm³/mol. The summed E-state index contributed by atoms with van der Waals surface area (Å²) in [7, 11) is 0. The van der Waals surface area contributed by atoms with Crippen molar-refractivity contribution in [2.75, 3.05) is 0 Å². The van der Waals surface area contributed by atoms with E-state index in [1.54, 1.807) is 6.20 Å². The lowest BCUT2D eigenvalue weighted by Crippen LogP contribution is -2.39. The Labute approximate surface area is 132 Å². The normalized spacial score (nSPS) is 21.4. The molecule has 4 nitrogen and oxygen atoms in total. The van der Waals surface area contributed by atoms with Crippen LogP contribution in [0.4, 0.5) is 0 Å². The van der Waals surface area contributed by atoms with Crippen LogP contribution in [0.3, 0.4) is 0 Å². The SMILES string of the molecule is O=C(Cc1ccccc1Br)NC1CCCC1n1ccnc1. The monoisotopic (exact) mass is 347 g/mol. The van der Waals surface area contributed by atoms with Crippen LogP contribution in [0.15, 0.2) is 47.5 Å². The van der Waals surface area contributed by atoms with Crippen molar-refractivity contribution in [1.82, 2.24) is 14.9 Å². The number of imidazole rings is 1. The first-order chi connectivity index (χ1) is 10.2. The van der Waals surface area contributed by atoms with E-state index in [9.17, 15) is 4.79 Å². The number of halogens is 1. The molecule has 0 aliphatic heterocycles. The number of nitrogens with zero attached hydrogens (tertiary/aromatic N) is 2. The van der Waals surface area contributed by atoms with Gasteiger partial charge in [0.25, 0.3) is 0 Å². The first-order valence-electron chi connectivity index (χ1n) is 7.24. The molecule has 0 bridgehead atoms. The molecule has 1 heterocycles. The Morgan fingerprint density at radius 1 is 1.38 bits per heavy atom. The number of amides is 1. The van der Waals surface area contributed by atoms with Crippen molar-refractivity contribution in [2.24, 2.45) is 0 Å². The summed E-state index contributed by atoms with van der Waals surface area (Å²) in [5.41, 5.74) is 1.02. The summed E-state index contributed by atoms with van der Waals surface area (Å²) in [6.45, 7) is 0. The number of aromatic nitrogens is 2. The van der Waals surface area contributed by atoms with Crippen molar-refractivity contribution >= 4 is 21.8 Å². The number of rotatable bonds is 4. The number of carbonyl (C=O) groups excluding carboxylic acids is 1. The quantitative estimate of drug-likeness (QED) is 0.923. The van der Waals surface area contributed by atoms with Gasteiger partial charge in [0.05, 0.1) is 18.8 Å². The van der Waals surface area contributed by atoms with Crippen molar-refractivity contribution < 1.29 is 4.79 Å². The molecule has 1 saturated carbocycles. The van der Waals surface area contributed by atoms with Crippen LogP contribution in [0.1, 0.15) is 30.9 Å². The van der Waals surface area contributed by atoms with Crippen molar-refractivity contribution in [1.29, 1.82) is 0 Å². The first-order valence-corrected chi connectivity index (χ1v) is 8.03. The summed E-state index contributed by atoms with van der Waals surface area (Å²) < 4.78 is 3.09. The third-order valence-electron chi connectivity index (χ3n) is 4.04. The maximum Gasteiger partial charge on any atom is 0.224 e. The van der Waals surface area contributed by atoms with E-state index in [1.807, 2.05) is 36.8 Å². The van der Waals surface area contributed by atoms with E-state index in [-0.39, 0.29) is 11.9 Å². The minimum atomic E-state index is 0.0823. The highest BCUT2D eigenvalue weighted by molar-refractivity contribution is 9.10. The molecule has 1 aliphatic rings. The van der Waals surface area contributed by atoms with Gasteiger partial charge in [-0.3, -0.25) is 4.79 Å². The molecule has 5 heteroatoms. The predicted octanol–water partition coefficient (Wildman–Crippen LogP) is 3.10. The van der Waals surface area contributed by atoms with E-state index in [0.717, 1.165) is 29.3 Å². The Morgan fingerprint density at radius 2 is 2.24 bits per heavy atom. The average molecular weight is 348 g/mol. The van der Waals surface area contributed by atoms with Crippen molar-refractivity contribution in [3.05, 3.63) is 53.0 Å².